The molecule has 92 valence electrons. The first kappa shape index (κ1) is 12.1. The van der Waals surface area contributed by atoms with Crippen LogP contribution in [0.15, 0.2) is 0 Å². The largest absolute Gasteiger partial charge is 0.325 e. The highest BCUT2D eigenvalue weighted by Crippen LogP contribution is 2.35. The van der Waals surface area contributed by atoms with Crippen LogP contribution in [0.25, 0.3) is 0 Å². The molecule has 2 unspecified atom stereocenters. The average molecular weight is 223 g/mol. The summed E-state index contributed by atoms with van der Waals surface area (Å²) in [5, 5.41) is 0. The summed E-state index contributed by atoms with van der Waals surface area (Å²) in [6.07, 6.45) is 9.93. The quantitative estimate of drug-likeness (QED) is 0.799. The van der Waals surface area contributed by atoms with Crippen molar-refractivity contribution in [1.82, 2.24) is 0 Å². The molecular weight excluding hydrogens is 198 g/mol. The van der Waals surface area contributed by atoms with Crippen molar-refractivity contribution in [3.8, 4) is 0 Å². The SMILES string of the molecule is CC1CCCC(C(=O)CC2(N)CCCC2)C1. The second-order valence-corrected chi connectivity index (χ2v) is 6.18. The fourth-order valence-corrected chi connectivity index (χ4v) is 3.47. The summed E-state index contributed by atoms with van der Waals surface area (Å²) in [5.74, 6) is 1.51. The van der Waals surface area contributed by atoms with Crippen LogP contribution in [0.4, 0.5) is 0 Å². The van der Waals surface area contributed by atoms with E-state index in [4.69, 9.17) is 5.73 Å². The Labute approximate surface area is 99.0 Å². The molecule has 2 aliphatic carbocycles. The van der Waals surface area contributed by atoms with Crippen molar-refractivity contribution in [3.05, 3.63) is 0 Å². The lowest BCUT2D eigenvalue weighted by molar-refractivity contribution is -0.125. The number of Topliss-reactive ketones (excluding diaryl/α,β-unsaturated/α-hetero) is 1. The van der Waals surface area contributed by atoms with Crippen molar-refractivity contribution in [1.29, 1.82) is 0 Å². The zero-order chi connectivity index (χ0) is 11.6. The molecule has 0 aromatic carbocycles. The van der Waals surface area contributed by atoms with Gasteiger partial charge in [-0.15, -0.1) is 0 Å². The summed E-state index contributed by atoms with van der Waals surface area (Å²) < 4.78 is 0. The van der Waals surface area contributed by atoms with Crippen LogP contribution < -0.4 is 5.73 Å². The van der Waals surface area contributed by atoms with Crippen LogP contribution in [0.1, 0.15) is 64.7 Å². The minimum absolute atomic E-state index is 0.141. The van der Waals surface area contributed by atoms with Crippen molar-refractivity contribution in [2.24, 2.45) is 17.6 Å². The van der Waals surface area contributed by atoms with E-state index >= 15 is 0 Å². The van der Waals surface area contributed by atoms with Gasteiger partial charge in [0.1, 0.15) is 5.78 Å². The summed E-state index contributed by atoms with van der Waals surface area (Å²) in [5.41, 5.74) is 6.14. The molecule has 2 nitrogen and oxygen atoms in total. The van der Waals surface area contributed by atoms with E-state index in [0.717, 1.165) is 31.6 Å². The number of rotatable bonds is 3. The van der Waals surface area contributed by atoms with E-state index in [0.29, 0.717) is 18.1 Å². The Morgan fingerprint density at radius 2 is 1.94 bits per heavy atom. The van der Waals surface area contributed by atoms with Crippen LogP contribution in [0.2, 0.25) is 0 Å². The molecule has 2 heteroatoms. The lowest BCUT2D eigenvalue weighted by Gasteiger charge is -2.29. The molecule has 2 rings (SSSR count). The van der Waals surface area contributed by atoms with Crippen molar-refractivity contribution < 1.29 is 4.79 Å². The van der Waals surface area contributed by atoms with E-state index in [-0.39, 0.29) is 5.54 Å². The van der Waals surface area contributed by atoms with Crippen molar-refractivity contribution >= 4 is 5.78 Å². The van der Waals surface area contributed by atoms with E-state index < -0.39 is 0 Å². The Balaban J connectivity index is 1.87. The van der Waals surface area contributed by atoms with Crippen molar-refractivity contribution in [2.45, 2.75) is 70.3 Å². The molecule has 16 heavy (non-hydrogen) atoms. The Morgan fingerprint density at radius 3 is 2.56 bits per heavy atom. The smallest absolute Gasteiger partial charge is 0.137 e. The topological polar surface area (TPSA) is 43.1 Å². The summed E-state index contributed by atoms with van der Waals surface area (Å²) in [6.45, 7) is 2.27. The Bertz CT molecular complexity index is 255. The maximum atomic E-state index is 12.2. The molecule has 2 aliphatic rings. The van der Waals surface area contributed by atoms with Gasteiger partial charge in [0.2, 0.25) is 0 Å². The number of carbonyl (C=O) groups is 1. The first-order valence-electron chi connectivity index (χ1n) is 6.91. The molecule has 2 atom stereocenters. The number of hydrogen-bond acceptors (Lipinski definition) is 2. The average Bonchev–Trinajstić information content (AvgIpc) is 2.65. The minimum Gasteiger partial charge on any atom is -0.325 e. The molecule has 0 radical (unpaired) electrons. The monoisotopic (exact) mass is 223 g/mol. The van der Waals surface area contributed by atoms with Crippen molar-refractivity contribution in [2.75, 3.05) is 0 Å². The van der Waals surface area contributed by atoms with E-state index in [1.54, 1.807) is 0 Å². The standard InChI is InChI=1S/C14H25NO/c1-11-5-4-6-12(9-11)13(16)10-14(15)7-2-3-8-14/h11-12H,2-10,15H2,1H3. The van der Waals surface area contributed by atoms with Crippen LogP contribution in [0.3, 0.4) is 0 Å². The third kappa shape index (κ3) is 2.85. The third-order valence-electron chi connectivity index (χ3n) is 4.52. The van der Waals surface area contributed by atoms with Crippen LogP contribution >= 0.6 is 0 Å². The van der Waals surface area contributed by atoms with Crippen LogP contribution in [-0.4, -0.2) is 11.3 Å². The first-order chi connectivity index (χ1) is 7.59. The molecule has 0 heterocycles. The highest BCUT2D eigenvalue weighted by atomic mass is 16.1. The van der Waals surface area contributed by atoms with E-state index in [2.05, 4.69) is 6.92 Å². The summed E-state index contributed by atoms with van der Waals surface area (Å²) in [7, 11) is 0. The maximum absolute atomic E-state index is 12.2. The zero-order valence-electron chi connectivity index (χ0n) is 10.5. The molecule has 0 saturated heterocycles. The van der Waals surface area contributed by atoms with Gasteiger partial charge in [-0.25, -0.2) is 0 Å². The van der Waals surface area contributed by atoms with Gasteiger partial charge in [-0.05, 0) is 31.6 Å². The molecule has 0 spiro atoms. The number of carbonyl (C=O) groups excluding carboxylic acids is 1. The second-order valence-electron chi connectivity index (χ2n) is 6.18. The Hall–Kier alpha value is -0.370. The van der Waals surface area contributed by atoms with Crippen LogP contribution in [0, 0.1) is 11.8 Å². The fourth-order valence-electron chi connectivity index (χ4n) is 3.47. The van der Waals surface area contributed by atoms with Crippen LogP contribution in [0.5, 0.6) is 0 Å². The molecule has 2 N–H and O–H groups in total. The third-order valence-corrected chi connectivity index (χ3v) is 4.52. The van der Waals surface area contributed by atoms with E-state index in [1.807, 2.05) is 0 Å². The van der Waals surface area contributed by atoms with Gasteiger partial charge >= 0.3 is 0 Å². The molecule has 2 fully saturated rings. The van der Waals surface area contributed by atoms with Gasteiger partial charge < -0.3 is 5.73 Å². The lowest BCUT2D eigenvalue weighted by atomic mass is 9.77. The summed E-state index contributed by atoms with van der Waals surface area (Å²) >= 11 is 0. The molecule has 0 bridgehead atoms. The zero-order valence-corrected chi connectivity index (χ0v) is 10.5. The minimum atomic E-state index is -0.141. The molecule has 0 amide bonds. The predicted octanol–water partition coefficient (Wildman–Crippen LogP) is 3.04. The molecule has 2 saturated carbocycles. The summed E-state index contributed by atoms with van der Waals surface area (Å²) in [6, 6.07) is 0. The van der Waals surface area contributed by atoms with Crippen molar-refractivity contribution in [3.63, 3.8) is 0 Å². The van der Waals surface area contributed by atoms with Gasteiger partial charge in [-0.2, -0.15) is 0 Å². The fraction of sp³-hybridized carbons (Fsp3) is 0.929. The van der Waals surface area contributed by atoms with E-state index in [1.165, 1.54) is 25.7 Å². The van der Waals surface area contributed by atoms with Crippen LogP contribution in [-0.2, 0) is 4.79 Å². The lowest BCUT2D eigenvalue weighted by Crippen LogP contribution is -2.40. The van der Waals surface area contributed by atoms with Gasteiger partial charge in [0.25, 0.3) is 0 Å². The predicted molar refractivity (Wildman–Crippen MR) is 66.1 cm³/mol. The van der Waals surface area contributed by atoms with E-state index in [9.17, 15) is 4.79 Å². The number of nitrogens with two attached hydrogens (primary N) is 1. The highest BCUT2D eigenvalue weighted by Gasteiger charge is 2.34. The van der Waals surface area contributed by atoms with Gasteiger partial charge in [-0.1, -0.05) is 32.6 Å². The van der Waals surface area contributed by atoms with Gasteiger partial charge in [0.05, 0.1) is 0 Å². The normalized spacial score (nSPS) is 33.9. The highest BCUT2D eigenvalue weighted by molar-refractivity contribution is 5.82. The molecule has 0 aromatic rings. The Kier molecular flexibility index (Phi) is 3.68. The Morgan fingerprint density at radius 1 is 1.25 bits per heavy atom. The first-order valence-corrected chi connectivity index (χ1v) is 6.91. The summed E-state index contributed by atoms with van der Waals surface area (Å²) in [4.78, 5) is 12.2. The van der Waals surface area contributed by atoms with Gasteiger partial charge in [0.15, 0.2) is 0 Å². The molecule has 0 aliphatic heterocycles. The molecular formula is C14H25NO. The second kappa shape index (κ2) is 4.87. The maximum Gasteiger partial charge on any atom is 0.137 e. The van der Waals surface area contributed by atoms with Gasteiger partial charge in [-0.3, -0.25) is 4.79 Å². The molecule has 0 aromatic heterocycles. The van der Waals surface area contributed by atoms with Gasteiger partial charge in [0, 0.05) is 17.9 Å². The number of hydrogen-bond donors (Lipinski definition) is 1. The number of ketones is 1.